The van der Waals surface area contributed by atoms with Crippen molar-refractivity contribution in [3.63, 3.8) is 0 Å². The first-order chi connectivity index (χ1) is 18.3. The molecule has 0 amide bonds. The molecule has 1 aliphatic heterocycles. The van der Waals surface area contributed by atoms with Crippen LogP contribution in [0.25, 0.3) is 10.9 Å². The third kappa shape index (κ3) is 5.37. The van der Waals surface area contributed by atoms with E-state index >= 15 is 0 Å². The molecule has 0 aliphatic carbocycles. The third-order valence-corrected chi connectivity index (χ3v) is 6.11. The van der Waals surface area contributed by atoms with Gasteiger partial charge >= 0.3 is 0 Å². The molecule has 10 heteroatoms. The van der Waals surface area contributed by atoms with E-state index in [1.807, 2.05) is 41.4 Å². The van der Waals surface area contributed by atoms with E-state index in [2.05, 4.69) is 54.0 Å². The Kier molecular flexibility index (Phi) is 6.35. The fourth-order valence-electron chi connectivity index (χ4n) is 4.28. The Labute approximate surface area is 213 Å². The van der Waals surface area contributed by atoms with Gasteiger partial charge in [-0.1, -0.05) is 12.1 Å². The minimum atomic E-state index is 0.118. The van der Waals surface area contributed by atoms with Crippen molar-refractivity contribution in [1.82, 2.24) is 34.9 Å². The van der Waals surface area contributed by atoms with Gasteiger partial charge in [-0.2, -0.15) is 5.10 Å². The average molecular weight is 492 g/mol. The normalized spacial score (nSPS) is 14.5. The van der Waals surface area contributed by atoms with E-state index in [-0.39, 0.29) is 5.92 Å². The molecule has 37 heavy (non-hydrogen) atoms. The van der Waals surface area contributed by atoms with Gasteiger partial charge in [0.25, 0.3) is 0 Å². The molecule has 0 bridgehead atoms. The number of hydrogen-bond donors (Lipinski definition) is 2. The molecule has 1 atom stereocenters. The second kappa shape index (κ2) is 10.4. The highest BCUT2D eigenvalue weighted by atomic mass is 16.5. The van der Waals surface area contributed by atoms with Crippen molar-refractivity contribution in [3.8, 4) is 5.75 Å². The lowest BCUT2D eigenvalue weighted by Crippen LogP contribution is -2.12. The zero-order valence-corrected chi connectivity index (χ0v) is 20.0. The predicted molar refractivity (Wildman–Crippen MR) is 141 cm³/mol. The van der Waals surface area contributed by atoms with E-state index < -0.39 is 0 Å². The molecule has 6 rings (SSSR count). The summed E-state index contributed by atoms with van der Waals surface area (Å²) in [6.07, 6.45) is 15.1. The monoisotopic (exact) mass is 491 g/mol. The Bertz CT molecular complexity index is 1520. The number of ether oxygens (including phenoxy) is 1. The fourth-order valence-corrected chi connectivity index (χ4v) is 4.28. The predicted octanol–water partition coefficient (Wildman–Crippen LogP) is 3.70. The molecule has 1 aliphatic rings. The Morgan fingerprint density at radius 3 is 2.89 bits per heavy atom. The number of aromatic nitrogens is 6. The van der Waals surface area contributed by atoms with E-state index in [0.717, 1.165) is 52.3 Å². The Balaban J connectivity index is 1.24. The molecular formula is C27H25N9O. The third-order valence-electron chi connectivity index (χ3n) is 6.11. The van der Waals surface area contributed by atoms with Crippen molar-refractivity contribution in [2.45, 2.75) is 18.9 Å². The molecule has 4 heterocycles. The first kappa shape index (κ1) is 22.6. The van der Waals surface area contributed by atoms with Gasteiger partial charge in [0.1, 0.15) is 5.75 Å². The van der Waals surface area contributed by atoms with Crippen LogP contribution in [-0.2, 0) is 13.0 Å². The summed E-state index contributed by atoms with van der Waals surface area (Å²) in [4.78, 5) is 21.9. The van der Waals surface area contributed by atoms with Crippen molar-refractivity contribution in [2.24, 2.45) is 5.10 Å². The van der Waals surface area contributed by atoms with Gasteiger partial charge in [0, 0.05) is 91.5 Å². The summed E-state index contributed by atoms with van der Waals surface area (Å²) in [5, 5.41) is 8.46. The molecule has 3 aromatic heterocycles. The van der Waals surface area contributed by atoms with Crippen molar-refractivity contribution in [1.29, 1.82) is 0 Å². The van der Waals surface area contributed by atoms with Crippen LogP contribution in [0.5, 0.6) is 5.75 Å². The number of nitrogens with zero attached hydrogens (tertiary/aromatic N) is 7. The maximum Gasteiger partial charge on any atom is 0.227 e. The van der Waals surface area contributed by atoms with Crippen LogP contribution in [0, 0.1) is 0 Å². The highest BCUT2D eigenvalue weighted by Crippen LogP contribution is 2.32. The molecule has 5 aromatic rings. The number of hydrogen-bond acceptors (Lipinski definition) is 9. The van der Waals surface area contributed by atoms with E-state index in [1.54, 1.807) is 31.1 Å². The van der Waals surface area contributed by atoms with Crippen LogP contribution in [-0.4, -0.2) is 48.9 Å². The van der Waals surface area contributed by atoms with Crippen LogP contribution >= 0.6 is 0 Å². The zero-order valence-electron chi connectivity index (χ0n) is 20.0. The molecule has 0 saturated heterocycles. The zero-order chi connectivity index (χ0) is 24.9. The molecule has 0 fully saturated rings. The van der Waals surface area contributed by atoms with Crippen molar-refractivity contribution >= 4 is 28.8 Å². The highest BCUT2D eigenvalue weighted by Gasteiger charge is 2.19. The smallest absolute Gasteiger partial charge is 0.227 e. The quantitative estimate of drug-likeness (QED) is 0.321. The molecule has 2 N–H and O–H groups in total. The van der Waals surface area contributed by atoms with E-state index in [1.165, 1.54) is 0 Å². The molecule has 1 unspecified atom stereocenters. The van der Waals surface area contributed by atoms with Crippen molar-refractivity contribution in [2.75, 3.05) is 18.5 Å². The standard InChI is InChI=1S/C27H25N9O/c1-2-19(17-36-8-7-29-18-36)10-22(3-1)34-27-31-13-20-11-24(21-14-32-33-15-21)26(12-25(20)35-27)37-9-4-23-16-28-5-6-30-23/h1-3,5-8,10-14,16,18,21,33H,4,9,15,17H2,(H,31,34,35). The number of fused-ring (bicyclic) bond motifs is 1. The highest BCUT2D eigenvalue weighted by molar-refractivity contribution is 5.84. The van der Waals surface area contributed by atoms with Crippen LogP contribution in [0.15, 0.2) is 85.0 Å². The van der Waals surface area contributed by atoms with Crippen LogP contribution in [0.2, 0.25) is 0 Å². The van der Waals surface area contributed by atoms with Gasteiger partial charge in [-0.05, 0) is 23.8 Å². The van der Waals surface area contributed by atoms with Crippen LogP contribution < -0.4 is 15.5 Å². The van der Waals surface area contributed by atoms with Crippen LogP contribution in [0.3, 0.4) is 0 Å². The molecule has 0 saturated carbocycles. The summed E-state index contributed by atoms with van der Waals surface area (Å²) in [5.74, 6) is 1.42. The molecule has 0 spiro atoms. The summed E-state index contributed by atoms with van der Waals surface area (Å²) < 4.78 is 8.27. The molecule has 2 aromatic carbocycles. The van der Waals surface area contributed by atoms with E-state index in [9.17, 15) is 0 Å². The van der Waals surface area contributed by atoms with Gasteiger partial charge in [0.2, 0.25) is 5.95 Å². The van der Waals surface area contributed by atoms with E-state index in [0.29, 0.717) is 19.0 Å². The average Bonchev–Trinajstić information content (AvgIpc) is 3.64. The van der Waals surface area contributed by atoms with Crippen molar-refractivity contribution < 1.29 is 4.74 Å². The van der Waals surface area contributed by atoms with Gasteiger partial charge in [-0.25, -0.2) is 15.0 Å². The number of rotatable bonds is 9. The van der Waals surface area contributed by atoms with Gasteiger partial charge in [0.05, 0.1) is 24.1 Å². The fraction of sp³-hybridized carbons (Fsp3) is 0.185. The maximum atomic E-state index is 6.24. The Morgan fingerprint density at radius 1 is 1.05 bits per heavy atom. The lowest BCUT2D eigenvalue weighted by molar-refractivity contribution is 0.317. The first-order valence-electron chi connectivity index (χ1n) is 12.1. The summed E-state index contributed by atoms with van der Waals surface area (Å²) >= 11 is 0. The minimum Gasteiger partial charge on any atom is -0.493 e. The number of benzene rings is 2. The van der Waals surface area contributed by atoms with Gasteiger partial charge in [0.15, 0.2) is 0 Å². The van der Waals surface area contributed by atoms with Crippen LogP contribution in [0.4, 0.5) is 11.6 Å². The van der Waals surface area contributed by atoms with Gasteiger partial charge < -0.3 is 20.0 Å². The van der Waals surface area contributed by atoms with Crippen molar-refractivity contribution in [3.05, 3.63) is 96.7 Å². The summed E-state index contributed by atoms with van der Waals surface area (Å²) in [6.45, 7) is 1.95. The number of hydrazone groups is 1. The molecule has 0 radical (unpaired) electrons. The second-order valence-corrected chi connectivity index (χ2v) is 8.74. The largest absolute Gasteiger partial charge is 0.493 e. The Hall–Kier alpha value is -4.86. The first-order valence-corrected chi connectivity index (χ1v) is 12.1. The maximum absolute atomic E-state index is 6.24. The number of imidazole rings is 1. The second-order valence-electron chi connectivity index (χ2n) is 8.74. The van der Waals surface area contributed by atoms with E-state index in [4.69, 9.17) is 9.72 Å². The molecular weight excluding hydrogens is 466 g/mol. The minimum absolute atomic E-state index is 0.118. The topological polar surface area (TPSA) is 115 Å². The lowest BCUT2D eigenvalue weighted by Gasteiger charge is -2.16. The summed E-state index contributed by atoms with van der Waals surface area (Å²) in [6, 6.07) is 12.3. The molecule has 184 valence electrons. The Morgan fingerprint density at radius 2 is 2.05 bits per heavy atom. The van der Waals surface area contributed by atoms with Gasteiger partial charge in [-0.3, -0.25) is 9.97 Å². The summed E-state index contributed by atoms with van der Waals surface area (Å²) in [5.41, 5.74) is 7.84. The summed E-state index contributed by atoms with van der Waals surface area (Å²) in [7, 11) is 0. The van der Waals surface area contributed by atoms with Gasteiger partial charge in [-0.15, -0.1) is 0 Å². The lowest BCUT2D eigenvalue weighted by atomic mass is 9.98. The number of anilines is 2. The SMILES string of the molecule is C1=NNCC1c1cc2cnc(Nc3cccc(Cn4ccnc4)c3)nc2cc1OCCc1cnccn1. The molecule has 10 nitrogen and oxygen atoms in total. The van der Waals surface area contributed by atoms with Crippen LogP contribution in [0.1, 0.15) is 22.7 Å². The number of nitrogens with one attached hydrogen (secondary N) is 2.